The predicted octanol–water partition coefficient (Wildman–Crippen LogP) is 7.70. The summed E-state index contributed by atoms with van der Waals surface area (Å²) >= 11 is 1.69. The van der Waals surface area contributed by atoms with Gasteiger partial charge in [0, 0.05) is 10.8 Å². The van der Waals surface area contributed by atoms with Crippen LogP contribution in [0.4, 0.5) is 0 Å². The molecule has 0 aromatic heterocycles. The summed E-state index contributed by atoms with van der Waals surface area (Å²) in [6.45, 7) is 18.3. The molecule has 4 bridgehead atoms. The van der Waals surface area contributed by atoms with Gasteiger partial charge in [-0.2, -0.15) is 11.6 Å². The molecule has 0 aliphatic heterocycles. The van der Waals surface area contributed by atoms with Crippen molar-refractivity contribution in [3.05, 3.63) is 88.0 Å². The molecule has 8 aliphatic rings. The number of hydrogen-bond acceptors (Lipinski definition) is 0. The SMILES string of the molecule is CC1=CC(C)(C)c2cc3[cH-]c4cc5c(cc4c3cc21)C(C)=CC5(C)C.CC1=[C-]C(C)C=C1CC12CC3CC(CC(C3)C1)C2.[Cl-].[Cl-].[Zr+2]=[C]1CCCCC1. The number of benzene rings is 2. The van der Waals surface area contributed by atoms with Crippen LogP contribution in [0.2, 0.25) is 0 Å². The maximum absolute atomic E-state index is 3.57. The van der Waals surface area contributed by atoms with E-state index in [1.165, 1.54) is 99.0 Å². The molecule has 1 atom stereocenters. The van der Waals surface area contributed by atoms with Gasteiger partial charge in [0.15, 0.2) is 0 Å². The summed E-state index contributed by atoms with van der Waals surface area (Å²) in [5.74, 6) is 3.82. The zero-order valence-corrected chi connectivity index (χ0v) is 37.1. The van der Waals surface area contributed by atoms with Crippen LogP contribution in [0.1, 0.15) is 155 Å². The minimum atomic E-state index is 0. The van der Waals surface area contributed by atoms with Gasteiger partial charge in [0.1, 0.15) is 0 Å². The monoisotopic (exact) mass is 808 g/mol. The van der Waals surface area contributed by atoms with E-state index >= 15 is 0 Å². The number of allylic oxidation sites excluding steroid dienone is 8. The van der Waals surface area contributed by atoms with Gasteiger partial charge in [0.05, 0.1) is 0 Å². The fourth-order valence-corrected chi connectivity index (χ4v) is 13.1. The maximum atomic E-state index is 3.57. The molecule has 0 N–H and O–H groups in total. The number of halogens is 2. The van der Waals surface area contributed by atoms with Crippen LogP contribution in [0.3, 0.4) is 0 Å². The fourth-order valence-electron chi connectivity index (χ4n) is 12.2. The van der Waals surface area contributed by atoms with Gasteiger partial charge in [-0.1, -0.05) is 89.3 Å². The quantitative estimate of drug-likeness (QED) is 0.233. The second-order valence-corrected chi connectivity index (χ2v) is 21.0. The molecule has 3 heteroatoms. The van der Waals surface area contributed by atoms with E-state index in [-0.39, 0.29) is 35.6 Å². The van der Waals surface area contributed by atoms with Crippen molar-refractivity contribution in [1.29, 1.82) is 0 Å². The Morgan fingerprint density at radius 2 is 1.17 bits per heavy atom. The van der Waals surface area contributed by atoms with Gasteiger partial charge in [0.2, 0.25) is 0 Å². The van der Waals surface area contributed by atoms with Crippen molar-refractivity contribution in [2.45, 2.75) is 143 Å². The Balaban J connectivity index is 0.000000150. The first-order valence-corrected chi connectivity index (χ1v) is 21.4. The minimum absolute atomic E-state index is 0. The molecule has 0 heterocycles. The van der Waals surface area contributed by atoms with Gasteiger partial charge < -0.3 is 24.8 Å². The van der Waals surface area contributed by atoms with Crippen molar-refractivity contribution in [2.24, 2.45) is 29.1 Å². The van der Waals surface area contributed by atoms with E-state index in [0.717, 1.165) is 17.8 Å². The molecule has 3 aromatic carbocycles. The van der Waals surface area contributed by atoms with Crippen molar-refractivity contribution in [2.75, 3.05) is 0 Å². The molecule has 276 valence electrons. The molecule has 5 fully saturated rings. The van der Waals surface area contributed by atoms with Crippen LogP contribution in [-0.2, 0) is 35.1 Å². The fraction of sp³-hybridized carbons (Fsp3) is 0.551. The number of rotatable bonds is 2. The Hall–Kier alpha value is -1.40. The molecule has 11 rings (SSSR count). The second kappa shape index (κ2) is 14.9. The van der Waals surface area contributed by atoms with E-state index in [2.05, 4.69) is 110 Å². The molecule has 1 unspecified atom stereocenters. The van der Waals surface area contributed by atoms with Crippen LogP contribution in [0.25, 0.3) is 32.7 Å². The zero-order valence-electron chi connectivity index (χ0n) is 33.2. The molecule has 0 spiro atoms. The molecule has 8 aliphatic carbocycles. The van der Waals surface area contributed by atoms with E-state index in [1.54, 1.807) is 71.5 Å². The molecule has 0 radical (unpaired) electrons. The first-order chi connectivity index (χ1) is 23.7. The van der Waals surface area contributed by atoms with Gasteiger partial charge in [-0.15, -0.1) is 39.7 Å². The molecular weight excluding hydrogens is 751 g/mol. The third-order valence-electron chi connectivity index (χ3n) is 13.9. The molecule has 0 amide bonds. The Bertz CT molecular complexity index is 1870. The average Bonchev–Trinajstić information content (AvgIpc) is 3.69. The standard InChI is InChI=1S/C25H25.C18H25.C6H10.2ClH.Zr/c1-14-12-24(3,4)22-8-16-7-17-9-23-19(15(2)13-25(23,5)6)11-21(17)20(16)10-18(14)22;1-12-3-13(2)17(4-12)11-18-8-14-5-15(9-18)7-16(6-14)10-18;1-2-4-6-5-3-1;;;/h7-13H,1-6H3;4,12,14-16H,5-11H2,1-2H3;1-5H2;2*1H;/q2*-1;;;;+2/p-2. The van der Waals surface area contributed by atoms with E-state index in [9.17, 15) is 0 Å². The van der Waals surface area contributed by atoms with E-state index < -0.39 is 0 Å². The summed E-state index contributed by atoms with van der Waals surface area (Å²) in [7, 11) is 0. The van der Waals surface area contributed by atoms with Crippen molar-refractivity contribution in [3.8, 4) is 0 Å². The molecule has 0 nitrogen and oxygen atoms in total. The van der Waals surface area contributed by atoms with Crippen molar-refractivity contribution in [1.82, 2.24) is 0 Å². The Kier molecular flexibility index (Phi) is 11.6. The van der Waals surface area contributed by atoms with E-state index in [1.807, 2.05) is 0 Å². The summed E-state index contributed by atoms with van der Waals surface area (Å²) in [6, 6.07) is 12.1. The van der Waals surface area contributed by atoms with E-state index in [0.29, 0.717) is 11.3 Å². The molecular formula is C49H60Cl2Zr-2. The summed E-state index contributed by atoms with van der Waals surface area (Å²) in [5.41, 5.74) is 12.7. The van der Waals surface area contributed by atoms with Crippen LogP contribution in [0.15, 0.2) is 59.7 Å². The summed E-state index contributed by atoms with van der Waals surface area (Å²) in [5, 5.41) is 5.57. The van der Waals surface area contributed by atoms with Gasteiger partial charge in [-0.25, -0.2) is 5.57 Å². The van der Waals surface area contributed by atoms with Gasteiger partial charge in [-0.05, 0) is 97.8 Å². The van der Waals surface area contributed by atoms with Crippen LogP contribution in [-0.4, -0.2) is 3.21 Å². The molecule has 52 heavy (non-hydrogen) atoms. The number of fused-ring (bicyclic) bond motifs is 5. The third-order valence-corrected chi connectivity index (χ3v) is 15.2. The first-order valence-electron chi connectivity index (χ1n) is 20.2. The summed E-state index contributed by atoms with van der Waals surface area (Å²) < 4.78 is 1.80. The number of hydrogen-bond donors (Lipinski definition) is 0. The summed E-state index contributed by atoms with van der Waals surface area (Å²) in [4.78, 5) is 0. The van der Waals surface area contributed by atoms with Crippen LogP contribution < -0.4 is 24.8 Å². The third kappa shape index (κ3) is 7.57. The predicted molar refractivity (Wildman–Crippen MR) is 213 cm³/mol. The second-order valence-electron chi connectivity index (χ2n) is 19.2. The zero-order chi connectivity index (χ0) is 35.2. The Morgan fingerprint density at radius 1 is 0.712 bits per heavy atom. The topological polar surface area (TPSA) is 0 Å². The van der Waals surface area contributed by atoms with Gasteiger partial charge >= 0.3 is 59.5 Å². The molecule has 0 saturated heterocycles. The van der Waals surface area contributed by atoms with Crippen LogP contribution in [0.5, 0.6) is 0 Å². The van der Waals surface area contributed by atoms with E-state index in [4.69, 9.17) is 0 Å². The Morgan fingerprint density at radius 3 is 1.56 bits per heavy atom. The molecule has 3 aromatic rings. The molecule has 5 saturated carbocycles. The van der Waals surface area contributed by atoms with Crippen LogP contribution in [0, 0.1) is 35.2 Å². The van der Waals surface area contributed by atoms with Crippen LogP contribution >= 0.6 is 0 Å². The first kappa shape index (κ1) is 40.3. The van der Waals surface area contributed by atoms with Crippen molar-refractivity contribution < 1.29 is 49.0 Å². The summed E-state index contributed by atoms with van der Waals surface area (Å²) in [6.07, 6.45) is 28.9. The van der Waals surface area contributed by atoms with Gasteiger partial charge in [0.25, 0.3) is 0 Å². The average molecular weight is 811 g/mol. The Labute approximate surface area is 343 Å². The van der Waals surface area contributed by atoms with Crippen molar-refractivity contribution >= 4 is 35.9 Å². The normalized spacial score (nSPS) is 29.8. The van der Waals surface area contributed by atoms with Gasteiger partial charge in [-0.3, -0.25) is 6.08 Å². The van der Waals surface area contributed by atoms with Crippen molar-refractivity contribution in [3.63, 3.8) is 0 Å².